The highest BCUT2D eigenvalue weighted by Crippen LogP contribution is 2.46. The lowest BCUT2D eigenvalue weighted by molar-refractivity contribution is -0.119. The molecule has 5 rings (SSSR count). The van der Waals surface area contributed by atoms with E-state index in [0.29, 0.717) is 23.3 Å². The van der Waals surface area contributed by atoms with Gasteiger partial charge in [0.05, 0.1) is 22.5 Å². The maximum absolute atomic E-state index is 14.1. The van der Waals surface area contributed by atoms with Crippen LogP contribution >= 0.6 is 11.6 Å². The number of hydrogen-bond acceptors (Lipinski definition) is 7. The summed E-state index contributed by atoms with van der Waals surface area (Å²) in [5, 5.41) is 17.7. The molecule has 1 amide bonds. The van der Waals surface area contributed by atoms with Crippen LogP contribution in [0.2, 0.25) is 5.02 Å². The lowest BCUT2D eigenvalue weighted by Crippen LogP contribution is -2.32. The molecule has 0 aliphatic carbocycles. The Kier molecular flexibility index (Phi) is 4.97. The van der Waals surface area contributed by atoms with Crippen LogP contribution < -0.4 is 5.32 Å². The van der Waals surface area contributed by atoms with Crippen molar-refractivity contribution in [1.29, 1.82) is 0 Å². The highest BCUT2D eigenvalue weighted by atomic mass is 35.5. The Bertz CT molecular complexity index is 1420. The third kappa shape index (κ3) is 3.29. The van der Waals surface area contributed by atoms with E-state index in [2.05, 4.69) is 37.3 Å². The zero-order valence-electron chi connectivity index (χ0n) is 17.8. The molecule has 9 nitrogen and oxygen atoms in total. The maximum Gasteiger partial charge on any atom is 0.240 e. The second kappa shape index (κ2) is 7.73. The number of halogens is 2. The van der Waals surface area contributed by atoms with Gasteiger partial charge in [0.1, 0.15) is 29.1 Å². The van der Waals surface area contributed by atoms with Gasteiger partial charge in [0.15, 0.2) is 11.5 Å². The number of nitrogens with zero attached hydrogens (tertiary/aromatic N) is 6. The van der Waals surface area contributed by atoms with E-state index in [0.717, 1.165) is 18.5 Å². The zero-order valence-corrected chi connectivity index (χ0v) is 18.6. The molecule has 11 heteroatoms. The molecule has 4 heterocycles. The summed E-state index contributed by atoms with van der Waals surface area (Å²) in [6.07, 6.45) is 5.65. The van der Waals surface area contributed by atoms with Crippen molar-refractivity contribution in [1.82, 2.24) is 29.5 Å². The summed E-state index contributed by atoms with van der Waals surface area (Å²) in [6.45, 7) is 3.65. The summed E-state index contributed by atoms with van der Waals surface area (Å²) in [5.74, 6) is -1.28. The highest BCUT2D eigenvalue weighted by Gasteiger charge is 2.48. The van der Waals surface area contributed by atoms with E-state index in [1.165, 1.54) is 24.5 Å². The van der Waals surface area contributed by atoms with E-state index >= 15 is 0 Å². The van der Waals surface area contributed by atoms with Crippen molar-refractivity contribution in [2.24, 2.45) is 0 Å². The number of rotatable bonds is 5. The zero-order chi connectivity index (χ0) is 23.3. The van der Waals surface area contributed by atoms with Gasteiger partial charge in [-0.3, -0.25) is 4.79 Å². The van der Waals surface area contributed by atoms with Crippen molar-refractivity contribution in [2.75, 3.05) is 5.32 Å². The Morgan fingerprint density at radius 2 is 2.09 bits per heavy atom. The normalized spacial score (nSPS) is 17.4. The Morgan fingerprint density at radius 3 is 2.85 bits per heavy atom. The second-order valence-electron chi connectivity index (χ2n) is 8.01. The minimum absolute atomic E-state index is 0.0646. The molecule has 0 fully saturated rings. The molecular weight excluding hydrogens is 449 g/mol. The molecule has 1 aliphatic rings. The van der Waals surface area contributed by atoms with E-state index in [1.807, 2.05) is 0 Å². The first-order valence-corrected chi connectivity index (χ1v) is 10.8. The van der Waals surface area contributed by atoms with Crippen molar-refractivity contribution in [3.05, 3.63) is 58.4 Å². The summed E-state index contributed by atoms with van der Waals surface area (Å²) >= 11 is 5.80. The molecule has 3 aromatic heterocycles. The molecule has 168 valence electrons. The van der Waals surface area contributed by atoms with Gasteiger partial charge in [-0.15, -0.1) is 0 Å². The molecule has 0 bridgehead atoms. The van der Waals surface area contributed by atoms with Gasteiger partial charge in [-0.25, -0.2) is 23.9 Å². The fraction of sp³-hybridized carbons (Fsp3) is 0.273. The number of hydrogen-bond donors (Lipinski definition) is 2. The molecule has 1 unspecified atom stereocenters. The molecular formula is C22H19ClFN7O2. The summed E-state index contributed by atoms with van der Waals surface area (Å²) in [5.41, 5.74) is 0.822. The van der Waals surface area contributed by atoms with Gasteiger partial charge in [-0.1, -0.05) is 31.0 Å². The van der Waals surface area contributed by atoms with Crippen LogP contribution in [0, 0.1) is 5.82 Å². The quantitative estimate of drug-likeness (QED) is 0.459. The van der Waals surface area contributed by atoms with Gasteiger partial charge in [0.2, 0.25) is 11.8 Å². The van der Waals surface area contributed by atoms with Crippen molar-refractivity contribution >= 4 is 29.0 Å². The number of benzene rings is 1. The van der Waals surface area contributed by atoms with Crippen molar-refractivity contribution < 1.29 is 14.3 Å². The number of fused-ring (bicyclic) bond motifs is 2. The number of nitrogens with one attached hydrogen (secondary N) is 1. The number of aromatic hydroxyl groups is 1. The van der Waals surface area contributed by atoms with Gasteiger partial charge >= 0.3 is 0 Å². The largest absolute Gasteiger partial charge is 0.493 e. The van der Waals surface area contributed by atoms with Crippen molar-refractivity contribution in [3.63, 3.8) is 0 Å². The second-order valence-corrected chi connectivity index (χ2v) is 8.41. The molecule has 0 radical (unpaired) electrons. The van der Waals surface area contributed by atoms with Crippen molar-refractivity contribution in [2.45, 2.75) is 38.5 Å². The Balaban J connectivity index is 1.64. The smallest absolute Gasteiger partial charge is 0.240 e. The molecule has 1 atom stereocenters. The Morgan fingerprint density at radius 1 is 1.27 bits per heavy atom. The maximum atomic E-state index is 14.1. The highest BCUT2D eigenvalue weighted by molar-refractivity contribution is 6.30. The number of anilines is 1. The average Bonchev–Trinajstić information content (AvgIpc) is 3.37. The molecule has 4 aromatic rings. The van der Waals surface area contributed by atoms with Gasteiger partial charge in [-0.2, -0.15) is 10.1 Å². The number of amides is 1. The molecule has 0 spiro atoms. The minimum Gasteiger partial charge on any atom is -0.493 e. The monoisotopic (exact) mass is 467 g/mol. The number of carbonyl (C=O) groups excluding carboxylic acids is 1. The van der Waals surface area contributed by atoms with Crippen LogP contribution in [-0.4, -0.2) is 40.6 Å². The predicted octanol–water partition coefficient (Wildman–Crippen LogP) is 3.68. The van der Waals surface area contributed by atoms with Crippen LogP contribution in [0.1, 0.15) is 43.5 Å². The molecule has 0 saturated heterocycles. The van der Waals surface area contributed by atoms with Crippen LogP contribution in [0.15, 0.2) is 30.7 Å². The topological polar surface area (TPSA) is 118 Å². The Labute approximate surface area is 192 Å². The van der Waals surface area contributed by atoms with Crippen LogP contribution in [-0.2, 0) is 16.6 Å². The molecule has 1 aromatic carbocycles. The molecule has 2 N–H and O–H groups in total. The van der Waals surface area contributed by atoms with Gasteiger partial charge in [0, 0.05) is 0 Å². The number of aromatic nitrogens is 6. The van der Waals surface area contributed by atoms with E-state index < -0.39 is 23.0 Å². The SMILES string of the molecule is CCCCc1nc(-c2nc(O)c3c(n2)NC(=O)C3(C)c2ccc(Cl)c(F)c2)cn2ncnc12. The minimum atomic E-state index is -1.40. The third-order valence-electron chi connectivity index (χ3n) is 5.90. The van der Waals surface area contributed by atoms with E-state index in [9.17, 15) is 14.3 Å². The standard InChI is InChI=1S/C22H19ClFN7O2/c1-3-4-5-14-19-25-10-26-31(19)9-15(27-14)17-28-18-16(20(32)29-17)22(2,21(33)30-18)11-6-7-12(23)13(24)8-11/h6-10H,3-5H2,1-2H3,(H2,28,29,30,32,33). The number of aryl methyl sites for hydroxylation is 1. The molecule has 0 saturated carbocycles. The fourth-order valence-corrected chi connectivity index (χ4v) is 4.17. The summed E-state index contributed by atoms with van der Waals surface area (Å²) in [6, 6.07) is 4.07. The van der Waals surface area contributed by atoms with Gasteiger partial charge in [0.25, 0.3) is 0 Å². The third-order valence-corrected chi connectivity index (χ3v) is 6.21. The first-order valence-electron chi connectivity index (χ1n) is 10.4. The lowest BCUT2D eigenvalue weighted by Gasteiger charge is -2.23. The fourth-order valence-electron chi connectivity index (χ4n) is 4.05. The van der Waals surface area contributed by atoms with Gasteiger partial charge < -0.3 is 10.4 Å². The molecule has 1 aliphatic heterocycles. The van der Waals surface area contributed by atoms with Crippen LogP contribution in [0.25, 0.3) is 17.2 Å². The van der Waals surface area contributed by atoms with Gasteiger partial charge in [-0.05, 0) is 37.5 Å². The van der Waals surface area contributed by atoms with Crippen molar-refractivity contribution in [3.8, 4) is 17.4 Å². The van der Waals surface area contributed by atoms with E-state index in [4.69, 9.17) is 11.6 Å². The summed E-state index contributed by atoms with van der Waals surface area (Å²) < 4.78 is 15.7. The first kappa shape index (κ1) is 21.2. The number of carbonyl (C=O) groups is 1. The Hall–Kier alpha value is -3.66. The van der Waals surface area contributed by atoms with Crippen LogP contribution in [0.3, 0.4) is 0 Å². The average molecular weight is 468 g/mol. The summed E-state index contributed by atoms with van der Waals surface area (Å²) in [4.78, 5) is 30.6. The van der Waals surface area contributed by atoms with E-state index in [-0.39, 0.29) is 22.2 Å². The molecule has 33 heavy (non-hydrogen) atoms. The lowest BCUT2D eigenvalue weighted by atomic mass is 9.78. The predicted molar refractivity (Wildman–Crippen MR) is 119 cm³/mol. The number of unbranched alkanes of at least 4 members (excludes halogenated alkanes) is 1. The first-order chi connectivity index (χ1) is 15.8. The van der Waals surface area contributed by atoms with E-state index in [1.54, 1.807) is 17.6 Å². The summed E-state index contributed by atoms with van der Waals surface area (Å²) in [7, 11) is 0. The van der Waals surface area contributed by atoms with Crippen LogP contribution in [0.5, 0.6) is 5.88 Å². The van der Waals surface area contributed by atoms with Crippen LogP contribution in [0.4, 0.5) is 10.2 Å².